The van der Waals surface area contributed by atoms with Gasteiger partial charge in [-0.3, -0.25) is 19.7 Å². The maximum absolute atomic E-state index is 12.9. The summed E-state index contributed by atoms with van der Waals surface area (Å²) in [4.78, 5) is 66.5. The zero-order valence-electron chi connectivity index (χ0n) is 63.9. The fraction of sp³-hybridized carbons (Fsp3) is 0.878. The SMILES string of the molecule is C[C@@H]1C[C@H](COC(=O)N(C)C)O[C@H]2[C@H]1[C@@]1(C)CC[C@@]34C[C@@]35CC[C@H](O[C@H]3CN(C(=O)CC6CC6)CCO3)C(C)(C)[C@@H]5CC[C@H]4[C@]1(C)[C@H]2O.C[C@@H]1C[C@H](COC(=O)Oc2ccc([N+](=O)[O-])cc2)O[C@H]2[C@H]1[C@@]1(C)CC[C@@]34C[C@@]35CC[C@H](O[C@H]3CN(C(=O)CC6CC6)CCO3)C(C)(C)[C@@H]5CC[C@H]4[C@]1(C)[C@H]2O. The van der Waals surface area contributed by atoms with Gasteiger partial charge in [0.15, 0.2) is 12.6 Å². The Morgan fingerprint density at radius 2 is 0.990 bits per heavy atom. The molecule has 26 atom stereocenters. The molecule has 1 aromatic carbocycles. The van der Waals surface area contributed by atoms with E-state index in [9.17, 15) is 39.5 Å². The van der Waals surface area contributed by atoms with E-state index >= 15 is 0 Å². The van der Waals surface area contributed by atoms with Crippen molar-refractivity contribution in [2.75, 3.05) is 66.7 Å². The third kappa shape index (κ3) is 11.3. The maximum Gasteiger partial charge on any atom is 0.513 e. The Bertz CT molecular complexity index is 3440. The van der Waals surface area contributed by atoms with Crippen molar-refractivity contribution in [2.45, 2.75) is 272 Å². The fourth-order valence-corrected chi connectivity index (χ4v) is 28.3. The Labute approximate surface area is 610 Å². The van der Waals surface area contributed by atoms with Crippen molar-refractivity contribution in [3.63, 3.8) is 0 Å². The Morgan fingerprint density at radius 3 is 1.41 bits per heavy atom. The van der Waals surface area contributed by atoms with E-state index in [-0.39, 0.29) is 152 Å². The molecule has 12 aliphatic carbocycles. The standard InChI is InChI=1S/C43H60N2O10.C39H62N2O7/c1-25-20-29(23-52-38(48)54-28-10-8-27(9-11-28)45(49)50)53-36-35(25)40(4)16-17-43-24-42(43)15-14-32(39(2,3)30(42)12-13-31(43)41(40,5)37(36)47)55-34-22-44(18-19-51-34)33(46)21-26-6-7-26;1-23-18-25(21-46-34(44)40(6)7)47-32-31(23)36(4)14-15-39-22-38(39)13-12-28(35(2,3)26(38)10-11-27(39)37(36,5)33(32)43)48-30-20-41(16-17-45-30)29(42)19-24-8-9-24/h8-11,25-26,29-32,34-37,47H,6-7,12-24H2,1-5H3;23-28,30-33,43H,8-22H2,1-7H3/t25-,29-,30+,31+,32+,34+,35+,36+,37+,40-,41-,42-,43+;23-,25-,26+,27+,28+,30+,31+,32+,33+,36-,37-,38-,39+/m11/s1. The number of carbonyl (C=O) groups excluding carboxylic acids is 4. The minimum absolute atomic E-state index is 0.00524. The maximum atomic E-state index is 12.9. The highest BCUT2D eigenvalue weighted by Gasteiger charge is 2.87. The molecule has 4 saturated heterocycles. The Balaban J connectivity index is 0.000000161. The Hall–Kier alpha value is -4.22. The first-order valence-electron chi connectivity index (χ1n) is 40.5. The topological polar surface area (TPSA) is 245 Å². The van der Waals surface area contributed by atoms with E-state index in [4.69, 9.17) is 42.6 Å². The molecule has 0 unspecified atom stereocenters. The molecule has 572 valence electrons. The fourth-order valence-electron chi connectivity index (χ4n) is 28.3. The molecule has 16 fully saturated rings. The first kappa shape index (κ1) is 73.0. The summed E-state index contributed by atoms with van der Waals surface area (Å²) in [5.74, 6) is 4.99. The molecule has 16 aliphatic rings. The quantitative estimate of drug-likeness (QED) is 0.0761. The van der Waals surface area contributed by atoms with Gasteiger partial charge in [0.25, 0.3) is 5.69 Å². The Kier molecular flexibility index (Phi) is 18.2. The number of benzene rings is 1. The average Bonchev–Trinajstić information content (AvgIpc) is 1.46. The van der Waals surface area contributed by atoms with E-state index in [2.05, 4.69) is 69.2 Å². The highest BCUT2D eigenvalue weighted by atomic mass is 16.7. The number of non-ortho nitro benzene ring substituents is 1. The molecule has 1 aromatic rings. The molecular formula is C82H122N4O17. The number of rotatable bonds is 14. The molecule has 4 heterocycles. The van der Waals surface area contributed by atoms with Crippen LogP contribution in [0.5, 0.6) is 5.75 Å². The zero-order chi connectivity index (χ0) is 72.7. The summed E-state index contributed by atoms with van der Waals surface area (Å²) in [6.07, 6.45) is 19.7. The normalized spacial score (nSPS) is 47.6. The third-order valence-electron chi connectivity index (χ3n) is 33.7. The van der Waals surface area contributed by atoms with Crippen LogP contribution in [0.4, 0.5) is 15.3 Å². The van der Waals surface area contributed by atoms with Crippen LogP contribution in [0.3, 0.4) is 0 Å². The van der Waals surface area contributed by atoms with Crippen molar-refractivity contribution in [3.8, 4) is 5.75 Å². The van der Waals surface area contributed by atoms with Crippen LogP contribution in [-0.2, 0) is 47.5 Å². The summed E-state index contributed by atoms with van der Waals surface area (Å²) in [5.41, 5.74) is 0.327. The average molecular weight is 1440 g/mol. The Morgan fingerprint density at radius 1 is 0.573 bits per heavy atom. The van der Waals surface area contributed by atoms with Crippen molar-refractivity contribution in [1.82, 2.24) is 14.7 Å². The lowest BCUT2D eigenvalue weighted by molar-refractivity contribution is -0.384. The van der Waals surface area contributed by atoms with Crippen LogP contribution in [0.25, 0.3) is 0 Å². The highest BCUT2D eigenvalue weighted by Crippen LogP contribution is 2.91. The number of nitrogens with zero attached hydrogens (tertiary/aromatic N) is 4. The number of hydrogen-bond acceptors (Lipinski definition) is 17. The number of amides is 3. The predicted octanol–water partition coefficient (Wildman–Crippen LogP) is 13.2. The van der Waals surface area contributed by atoms with Gasteiger partial charge in [0.1, 0.15) is 19.0 Å². The van der Waals surface area contributed by atoms with Gasteiger partial charge in [-0.05, 0) is 243 Å². The van der Waals surface area contributed by atoms with E-state index in [1.54, 1.807) is 14.1 Å². The summed E-state index contributed by atoms with van der Waals surface area (Å²) in [5, 5.41) is 36.0. The van der Waals surface area contributed by atoms with Crippen LogP contribution in [0, 0.1) is 123 Å². The van der Waals surface area contributed by atoms with Gasteiger partial charge in [0.2, 0.25) is 11.8 Å². The second-order valence-corrected chi connectivity index (χ2v) is 39.0. The van der Waals surface area contributed by atoms with Crippen LogP contribution in [0.15, 0.2) is 24.3 Å². The summed E-state index contributed by atoms with van der Waals surface area (Å²) in [6.45, 7) is 27.8. The molecular weight excluding hydrogens is 1310 g/mol. The number of nitro groups is 1. The number of carbonyl (C=O) groups is 4. The van der Waals surface area contributed by atoms with E-state index in [0.717, 1.165) is 64.2 Å². The number of aliphatic hydroxyl groups is 2. The number of hydrogen-bond donors (Lipinski definition) is 2. The van der Waals surface area contributed by atoms with Gasteiger partial charge < -0.3 is 67.5 Å². The summed E-state index contributed by atoms with van der Waals surface area (Å²) >= 11 is 0. The van der Waals surface area contributed by atoms with Crippen molar-refractivity contribution in [3.05, 3.63) is 34.4 Å². The van der Waals surface area contributed by atoms with Crippen molar-refractivity contribution in [2.24, 2.45) is 113 Å². The van der Waals surface area contributed by atoms with E-state index in [1.807, 2.05) is 9.80 Å². The molecule has 12 saturated carbocycles. The lowest BCUT2D eigenvalue weighted by Crippen LogP contribution is -2.60. The third-order valence-corrected chi connectivity index (χ3v) is 33.7. The minimum Gasteiger partial charge on any atom is -0.447 e. The number of ether oxygens (including phenoxy) is 9. The smallest absolute Gasteiger partial charge is 0.447 e. The molecule has 0 radical (unpaired) electrons. The summed E-state index contributed by atoms with van der Waals surface area (Å²) < 4.78 is 55.8. The minimum atomic E-state index is -0.889. The lowest BCUT2D eigenvalue weighted by Gasteiger charge is -2.64. The molecule has 2 N–H and O–H groups in total. The van der Waals surface area contributed by atoms with Crippen LogP contribution in [-0.4, -0.2) is 182 Å². The van der Waals surface area contributed by atoms with Crippen molar-refractivity contribution < 1.29 is 76.9 Å². The molecule has 0 bridgehead atoms. The number of aliphatic hydroxyl groups excluding tert-OH is 2. The molecule has 3 amide bonds. The molecule has 21 nitrogen and oxygen atoms in total. The van der Waals surface area contributed by atoms with Gasteiger partial charge in [0, 0.05) is 63.0 Å². The monoisotopic (exact) mass is 1430 g/mol. The molecule has 4 spiro atoms. The summed E-state index contributed by atoms with van der Waals surface area (Å²) in [7, 11) is 3.40. The van der Waals surface area contributed by atoms with Gasteiger partial charge in [-0.25, -0.2) is 9.59 Å². The molecule has 17 rings (SSSR count). The van der Waals surface area contributed by atoms with Crippen molar-refractivity contribution in [1.29, 1.82) is 0 Å². The number of nitro benzene ring substituents is 1. The molecule has 4 aliphatic heterocycles. The first-order valence-corrected chi connectivity index (χ1v) is 40.5. The molecule has 103 heavy (non-hydrogen) atoms. The lowest BCUT2D eigenvalue weighted by atomic mass is 9.41. The second-order valence-electron chi connectivity index (χ2n) is 39.0. The number of fused-ring (bicyclic) bond motifs is 8. The second kappa shape index (κ2) is 25.7. The molecule has 21 heteroatoms. The zero-order valence-corrected chi connectivity index (χ0v) is 63.9. The summed E-state index contributed by atoms with van der Waals surface area (Å²) in [6, 6.07) is 5.29. The number of morpholine rings is 2. The van der Waals surface area contributed by atoms with Crippen molar-refractivity contribution >= 4 is 29.8 Å². The van der Waals surface area contributed by atoms with Gasteiger partial charge in [-0.1, -0.05) is 69.2 Å². The van der Waals surface area contributed by atoms with Crippen LogP contribution in [0.2, 0.25) is 0 Å². The van der Waals surface area contributed by atoms with Gasteiger partial charge in [-0.2, -0.15) is 0 Å². The van der Waals surface area contributed by atoms with Crippen LogP contribution >= 0.6 is 0 Å². The van der Waals surface area contributed by atoms with Gasteiger partial charge in [0.05, 0.1) is 80.1 Å². The van der Waals surface area contributed by atoms with Gasteiger partial charge in [-0.15, -0.1) is 0 Å². The highest BCUT2D eigenvalue weighted by molar-refractivity contribution is 5.77. The van der Waals surface area contributed by atoms with Crippen LogP contribution < -0.4 is 4.74 Å². The van der Waals surface area contributed by atoms with E-state index in [1.165, 1.54) is 93.4 Å². The van der Waals surface area contributed by atoms with E-state index in [0.29, 0.717) is 105 Å². The largest absolute Gasteiger partial charge is 0.513 e. The predicted molar refractivity (Wildman–Crippen MR) is 379 cm³/mol. The van der Waals surface area contributed by atoms with Crippen LogP contribution in [0.1, 0.15) is 210 Å². The first-order chi connectivity index (χ1) is 48.8. The molecule has 0 aromatic heterocycles. The van der Waals surface area contributed by atoms with Gasteiger partial charge >= 0.3 is 12.2 Å². The van der Waals surface area contributed by atoms with E-state index < -0.39 is 23.3 Å².